The molecule has 0 heterocycles. The molecule has 0 amide bonds. The molecule has 0 radical (unpaired) electrons. The van der Waals surface area contributed by atoms with Crippen LogP contribution in [0.15, 0.2) is 107 Å². The number of rotatable bonds is 8. The monoisotopic (exact) mass is 494 g/mol. The average Bonchev–Trinajstić information content (AvgIpc) is 2.89. The van der Waals surface area contributed by atoms with E-state index in [1.54, 1.807) is 109 Å². The normalized spacial score (nSPS) is 11.0. The first kappa shape index (κ1) is 24.9. The standard InChI is InChI=1S/C29H22N2O6/c32-24-9-5-22(6-10-24)30-18-20-1-13-26(14-2-20)36-28(34)17-29(35)37-27-15-3-21(4-16-27)19-31-23-7-11-25(33)12-8-23/h1-16,18-19,32-33H,17H2. The number of esters is 2. The van der Waals surface area contributed by atoms with E-state index in [1.165, 1.54) is 0 Å². The molecule has 0 aromatic heterocycles. The van der Waals surface area contributed by atoms with E-state index in [0.717, 1.165) is 11.1 Å². The Labute approximate surface area is 212 Å². The Morgan fingerprint density at radius 2 is 0.919 bits per heavy atom. The lowest BCUT2D eigenvalue weighted by Crippen LogP contribution is -2.18. The van der Waals surface area contributed by atoms with Gasteiger partial charge >= 0.3 is 11.9 Å². The molecule has 0 atom stereocenters. The van der Waals surface area contributed by atoms with Crippen molar-refractivity contribution in [1.29, 1.82) is 0 Å². The molecule has 0 fully saturated rings. The summed E-state index contributed by atoms with van der Waals surface area (Å²) in [6.45, 7) is 0. The second-order valence-corrected chi connectivity index (χ2v) is 7.81. The fourth-order valence-corrected chi connectivity index (χ4v) is 3.07. The van der Waals surface area contributed by atoms with Gasteiger partial charge in [-0.3, -0.25) is 19.6 Å². The third kappa shape index (κ3) is 7.90. The number of phenolic OH excluding ortho intramolecular Hbond substituents is 2. The van der Waals surface area contributed by atoms with E-state index < -0.39 is 18.4 Å². The summed E-state index contributed by atoms with van der Waals surface area (Å²) in [6, 6.07) is 26.2. The molecule has 4 aromatic rings. The summed E-state index contributed by atoms with van der Waals surface area (Å²) in [7, 11) is 0. The Balaban J connectivity index is 1.24. The molecule has 8 nitrogen and oxygen atoms in total. The second-order valence-electron chi connectivity index (χ2n) is 7.81. The molecule has 4 rings (SSSR count). The van der Waals surface area contributed by atoms with E-state index in [-0.39, 0.29) is 23.0 Å². The summed E-state index contributed by atoms with van der Waals surface area (Å²) < 4.78 is 10.4. The number of hydrogen-bond donors (Lipinski definition) is 2. The van der Waals surface area contributed by atoms with Gasteiger partial charge in [-0.2, -0.15) is 0 Å². The lowest BCUT2D eigenvalue weighted by atomic mass is 10.2. The third-order valence-corrected chi connectivity index (χ3v) is 4.94. The van der Waals surface area contributed by atoms with Crippen molar-refractivity contribution in [1.82, 2.24) is 0 Å². The molecule has 0 saturated carbocycles. The van der Waals surface area contributed by atoms with Gasteiger partial charge < -0.3 is 19.7 Å². The Bertz CT molecular complexity index is 1300. The summed E-state index contributed by atoms with van der Waals surface area (Å²) in [5, 5.41) is 18.6. The van der Waals surface area contributed by atoms with Crippen LogP contribution >= 0.6 is 0 Å². The number of nitrogens with zero attached hydrogens (tertiary/aromatic N) is 2. The fraction of sp³-hybridized carbons (Fsp3) is 0.0345. The molecule has 8 heteroatoms. The number of ether oxygens (including phenoxy) is 2. The molecule has 0 unspecified atom stereocenters. The maximum atomic E-state index is 12.1. The van der Waals surface area contributed by atoms with Gasteiger partial charge in [-0.05, 0) is 108 Å². The van der Waals surface area contributed by atoms with Crippen molar-refractivity contribution in [3.8, 4) is 23.0 Å². The molecular formula is C29H22N2O6. The summed E-state index contributed by atoms with van der Waals surface area (Å²) in [5.41, 5.74) is 2.93. The molecule has 0 saturated heterocycles. The summed E-state index contributed by atoms with van der Waals surface area (Å²) in [4.78, 5) is 32.9. The number of phenols is 2. The number of carbonyl (C=O) groups is 2. The molecule has 0 spiro atoms. The molecule has 0 aliphatic carbocycles. The van der Waals surface area contributed by atoms with Crippen LogP contribution in [-0.2, 0) is 9.59 Å². The highest BCUT2D eigenvalue weighted by Crippen LogP contribution is 2.19. The van der Waals surface area contributed by atoms with E-state index in [0.29, 0.717) is 11.4 Å². The van der Waals surface area contributed by atoms with Gasteiger partial charge in [0.05, 0.1) is 11.4 Å². The van der Waals surface area contributed by atoms with Gasteiger partial charge in [-0.1, -0.05) is 0 Å². The lowest BCUT2D eigenvalue weighted by Gasteiger charge is -2.06. The van der Waals surface area contributed by atoms with E-state index in [9.17, 15) is 19.8 Å². The number of benzene rings is 4. The van der Waals surface area contributed by atoms with Crippen molar-refractivity contribution in [2.45, 2.75) is 6.42 Å². The molecule has 2 N–H and O–H groups in total. The van der Waals surface area contributed by atoms with Gasteiger partial charge in [-0.25, -0.2) is 0 Å². The van der Waals surface area contributed by atoms with E-state index in [1.807, 2.05) is 0 Å². The van der Waals surface area contributed by atoms with Crippen LogP contribution in [0.25, 0.3) is 0 Å². The van der Waals surface area contributed by atoms with Crippen LogP contribution in [-0.4, -0.2) is 34.6 Å². The van der Waals surface area contributed by atoms with Gasteiger partial charge in [0.2, 0.25) is 0 Å². The molecular weight excluding hydrogens is 472 g/mol. The zero-order chi connectivity index (χ0) is 26.0. The summed E-state index contributed by atoms with van der Waals surface area (Å²) in [5.74, 6) is -0.574. The minimum Gasteiger partial charge on any atom is -0.508 e. The predicted octanol–water partition coefficient (Wildman–Crippen LogP) is 5.50. The van der Waals surface area contributed by atoms with Crippen LogP contribution < -0.4 is 9.47 Å². The van der Waals surface area contributed by atoms with Crippen LogP contribution in [0, 0.1) is 0 Å². The molecule has 0 bridgehead atoms. The maximum absolute atomic E-state index is 12.1. The van der Waals surface area contributed by atoms with Crippen molar-refractivity contribution >= 4 is 35.7 Å². The van der Waals surface area contributed by atoms with Gasteiger partial charge in [-0.15, -0.1) is 0 Å². The third-order valence-electron chi connectivity index (χ3n) is 4.94. The van der Waals surface area contributed by atoms with Crippen LogP contribution in [0.3, 0.4) is 0 Å². The Morgan fingerprint density at radius 3 is 1.27 bits per heavy atom. The Kier molecular flexibility index (Phi) is 8.03. The SMILES string of the molecule is O=C(CC(=O)Oc1ccc(C=Nc2ccc(O)cc2)cc1)Oc1ccc(C=Nc2ccc(O)cc2)cc1. The lowest BCUT2D eigenvalue weighted by molar-refractivity contribution is -0.144. The van der Waals surface area contributed by atoms with Crippen molar-refractivity contribution < 1.29 is 29.3 Å². The quantitative estimate of drug-likeness (QED) is 0.145. The van der Waals surface area contributed by atoms with E-state index in [2.05, 4.69) is 9.98 Å². The Hall–Kier alpha value is -5.24. The van der Waals surface area contributed by atoms with Crippen molar-refractivity contribution in [2.24, 2.45) is 9.98 Å². The number of aliphatic imine (C=N–C) groups is 2. The highest BCUT2D eigenvalue weighted by molar-refractivity contribution is 5.93. The van der Waals surface area contributed by atoms with Gasteiger partial charge in [0.1, 0.15) is 29.4 Å². The Morgan fingerprint density at radius 1 is 0.568 bits per heavy atom. The molecule has 4 aromatic carbocycles. The highest BCUT2D eigenvalue weighted by Gasteiger charge is 2.14. The van der Waals surface area contributed by atoms with Crippen LogP contribution in [0.1, 0.15) is 17.5 Å². The fourth-order valence-electron chi connectivity index (χ4n) is 3.07. The van der Waals surface area contributed by atoms with Gasteiger partial charge in [0, 0.05) is 12.4 Å². The average molecular weight is 495 g/mol. The first-order chi connectivity index (χ1) is 17.9. The van der Waals surface area contributed by atoms with Crippen LogP contribution in [0.2, 0.25) is 0 Å². The van der Waals surface area contributed by atoms with E-state index >= 15 is 0 Å². The minimum atomic E-state index is -0.742. The summed E-state index contributed by atoms with van der Waals surface area (Å²) in [6.07, 6.45) is 2.73. The number of carbonyl (C=O) groups excluding carboxylic acids is 2. The van der Waals surface area contributed by atoms with Crippen molar-refractivity contribution in [3.05, 3.63) is 108 Å². The van der Waals surface area contributed by atoms with Crippen LogP contribution in [0.4, 0.5) is 11.4 Å². The topological polar surface area (TPSA) is 118 Å². The number of hydrogen-bond acceptors (Lipinski definition) is 8. The second kappa shape index (κ2) is 11.9. The first-order valence-electron chi connectivity index (χ1n) is 11.2. The zero-order valence-corrected chi connectivity index (χ0v) is 19.5. The predicted molar refractivity (Wildman–Crippen MR) is 139 cm³/mol. The smallest absolute Gasteiger partial charge is 0.322 e. The van der Waals surface area contributed by atoms with Gasteiger partial charge in [0.15, 0.2) is 0 Å². The van der Waals surface area contributed by atoms with Crippen LogP contribution in [0.5, 0.6) is 23.0 Å². The minimum absolute atomic E-state index is 0.167. The zero-order valence-electron chi connectivity index (χ0n) is 19.5. The number of aromatic hydroxyl groups is 2. The summed E-state index contributed by atoms with van der Waals surface area (Å²) >= 11 is 0. The maximum Gasteiger partial charge on any atom is 0.322 e. The first-order valence-corrected chi connectivity index (χ1v) is 11.2. The highest BCUT2D eigenvalue weighted by atomic mass is 16.6. The van der Waals surface area contributed by atoms with Crippen molar-refractivity contribution in [3.63, 3.8) is 0 Å². The van der Waals surface area contributed by atoms with E-state index in [4.69, 9.17) is 9.47 Å². The largest absolute Gasteiger partial charge is 0.508 e. The molecule has 184 valence electrons. The van der Waals surface area contributed by atoms with Gasteiger partial charge in [0.25, 0.3) is 0 Å². The molecule has 37 heavy (non-hydrogen) atoms. The molecule has 0 aliphatic rings. The molecule has 0 aliphatic heterocycles. The van der Waals surface area contributed by atoms with Crippen molar-refractivity contribution in [2.75, 3.05) is 0 Å².